The number of hydrogen-bond donors (Lipinski definition) is 2. The summed E-state index contributed by atoms with van der Waals surface area (Å²) in [6.07, 6.45) is -1.38. The standard InChI is InChI=1S/C28H30F3N5O2S/c1-27(2,17-32)26-15-25(38-3)23(16-34-26)33-11-5-6-20-14-21-22(35-19-9-12-39(37)13-10-19)7-4-8-24(21)36(20)18-28(29,30)31/h4,7-8,14-16,19,33,35H,9-13,18H2,1-3H3. The zero-order valence-corrected chi connectivity index (χ0v) is 22.8. The summed E-state index contributed by atoms with van der Waals surface area (Å²) in [6.45, 7) is 2.49. The summed E-state index contributed by atoms with van der Waals surface area (Å²) < 4.78 is 58.8. The van der Waals surface area contributed by atoms with Gasteiger partial charge in [0.1, 0.15) is 12.3 Å². The van der Waals surface area contributed by atoms with Crippen molar-refractivity contribution in [3.05, 3.63) is 47.9 Å². The van der Waals surface area contributed by atoms with Crippen LogP contribution in [-0.4, -0.2) is 51.1 Å². The fourth-order valence-corrected chi connectivity index (χ4v) is 5.73. The fourth-order valence-electron chi connectivity index (χ4n) is 4.43. The van der Waals surface area contributed by atoms with Gasteiger partial charge in [-0.15, -0.1) is 0 Å². The Labute approximate surface area is 228 Å². The lowest BCUT2D eigenvalue weighted by atomic mass is 9.91. The second kappa shape index (κ2) is 11.6. The van der Waals surface area contributed by atoms with Crippen molar-refractivity contribution in [1.29, 1.82) is 5.26 Å². The van der Waals surface area contributed by atoms with E-state index in [1.807, 2.05) is 6.07 Å². The van der Waals surface area contributed by atoms with Crippen LogP contribution in [0.1, 0.15) is 38.1 Å². The van der Waals surface area contributed by atoms with Crippen LogP contribution in [0, 0.1) is 23.2 Å². The van der Waals surface area contributed by atoms with Crippen LogP contribution in [0.3, 0.4) is 0 Å². The largest absolute Gasteiger partial charge is 0.494 e. The number of ether oxygens (including phenoxy) is 1. The van der Waals surface area contributed by atoms with Gasteiger partial charge >= 0.3 is 6.18 Å². The summed E-state index contributed by atoms with van der Waals surface area (Å²) in [5.41, 5.74) is 1.75. The number of methoxy groups -OCH3 is 1. The van der Waals surface area contributed by atoms with Gasteiger partial charge in [-0.2, -0.15) is 18.4 Å². The van der Waals surface area contributed by atoms with Gasteiger partial charge in [-0.05, 0) is 50.8 Å². The van der Waals surface area contributed by atoms with E-state index in [0.717, 1.165) is 18.5 Å². The molecule has 0 amide bonds. The van der Waals surface area contributed by atoms with Crippen LogP contribution in [0.2, 0.25) is 0 Å². The molecule has 0 bridgehead atoms. The van der Waals surface area contributed by atoms with E-state index < -0.39 is 28.9 Å². The number of nitrogens with one attached hydrogen (secondary N) is 2. The SMILES string of the molecule is COc1cc(C(C)(C)C#N)ncc1NCC#Cc1cc2c(NC3CCS(=O)CC3)cccc2n1CC(F)(F)F. The average Bonchev–Trinajstić information content (AvgIpc) is 3.24. The highest BCUT2D eigenvalue weighted by Gasteiger charge is 2.30. The maximum Gasteiger partial charge on any atom is 0.406 e. The predicted octanol–water partition coefficient (Wildman–Crippen LogP) is 5.19. The maximum absolute atomic E-state index is 13.5. The molecule has 0 spiro atoms. The third-order valence-electron chi connectivity index (χ3n) is 6.62. The van der Waals surface area contributed by atoms with Gasteiger partial charge in [-0.3, -0.25) is 9.19 Å². The molecule has 11 heteroatoms. The first-order chi connectivity index (χ1) is 18.5. The van der Waals surface area contributed by atoms with Gasteiger partial charge in [0.25, 0.3) is 0 Å². The molecule has 1 aliphatic rings. The summed E-state index contributed by atoms with van der Waals surface area (Å²) in [7, 11) is 0.701. The number of hydrogen-bond acceptors (Lipinski definition) is 6. The van der Waals surface area contributed by atoms with Gasteiger partial charge in [0.05, 0.1) is 53.9 Å². The monoisotopic (exact) mass is 557 g/mol. The number of anilines is 2. The molecule has 0 aliphatic carbocycles. The van der Waals surface area contributed by atoms with Crippen LogP contribution in [0.5, 0.6) is 5.75 Å². The van der Waals surface area contributed by atoms with E-state index in [0.29, 0.717) is 39.5 Å². The minimum Gasteiger partial charge on any atom is -0.494 e. The van der Waals surface area contributed by atoms with Gasteiger partial charge in [0, 0.05) is 45.5 Å². The molecule has 3 aromatic rings. The molecule has 0 atom stereocenters. The molecule has 0 radical (unpaired) electrons. The first-order valence-electron chi connectivity index (χ1n) is 12.5. The van der Waals surface area contributed by atoms with Crippen molar-refractivity contribution in [2.24, 2.45) is 0 Å². The highest BCUT2D eigenvalue weighted by atomic mass is 32.2. The Balaban J connectivity index is 1.59. The lowest BCUT2D eigenvalue weighted by molar-refractivity contribution is -0.140. The normalized spacial score (nSPS) is 17.7. The van der Waals surface area contributed by atoms with Gasteiger partial charge in [-0.25, -0.2) is 0 Å². The molecular formula is C28H30F3N5O2S. The Morgan fingerprint density at radius 1 is 1.21 bits per heavy atom. The van der Waals surface area contributed by atoms with E-state index in [4.69, 9.17) is 4.74 Å². The Morgan fingerprint density at radius 2 is 1.95 bits per heavy atom. The highest BCUT2D eigenvalue weighted by molar-refractivity contribution is 7.85. The number of halogens is 3. The topological polar surface area (TPSA) is 92.0 Å². The van der Waals surface area contributed by atoms with Crippen LogP contribution in [-0.2, 0) is 22.8 Å². The maximum atomic E-state index is 13.5. The second-order valence-corrected chi connectivity index (χ2v) is 11.6. The van der Waals surface area contributed by atoms with Gasteiger partial charge in [0.15, 0.2) is 0 Å². The summed E-state index contributed by atoms with van der Waals surface area (Å²) in [5, 5.41) is 16.6. The van der Waals surface area contributed by atoms with Gasteiger partial charge in [0.2, 0.25) is 0 Å². The van der Waals surface area contributed by atoms with Crippen LogP contribution in [0.15, 0.2) is 36.5 Å². The van der Waals surface area contributed by atoms with E-state index >= 15 is 0 Å². The molecule has 1 saturated heterocycles. The lowest BCUT2D eigenvalue weighted by Gasteiger charge is -2.24. The molecule has 0 unspecified atom stereocenters. The molecule has 0 saturated carbocycles. The average molecular weight is 558 g/mol. The number of nitrogens with zero attached hydrogens (tertiary/aromatic N) is 3. The Kier molecular flexibility index (Phi) is 8.41. The Hall–Kier alpha value is -3.70. The number of aromatic nitrogens is 2. The molecule has 206 valence electrons. The van der Waals surface area contributed by atoms with Gasteiger partial charge in [-0.1, -0.05) is 12.0 Å². The molecule has 1 aromatic carbocycles. The predicted molar refractivity (Wildman–Crippen MR) is 147 cm³/mol. The third kappa shape index (κ3) is 6.85. The van der Waals surface area contributed by atoms with Crippen molar-refractivity contribution >= 4 is 33.1 Å². The number of alkyl halides is 3. The highest BCUT2D eigenvalue weighted by Crippen LogP contribution is 2.32. The molecule has 3 heterocycles. The van der Waals surface area contributed by atoms with E-state index in [1.54, 1.807) is 44.3 Å². The molecular weight excluding hydrogens is 527 g/mol. The van der Waals surface area contributed by atoms with Crippen molar-refractivity contribution in [3.8, 4) is 23.7 Å². The summed E-state index contributed by atoms with van der Waals surface area (Å²) in [4.78, 5) is 4.35. The zero-order valence-electron chi connectivity index (χ0n) is 22.0. The Bertz CT molecular complexity index is 1470. The zero-order chi connectivity index (χ0) is 28.2. The molecule has 39 heavy (non-hydrogen) atoms. The van der Waals surface area contributed by atoms with Crippen molar-refractivity contribution < 1.29 is 22.1 Å². The quantitative estimate of drug-likeness (QED) is 0.389. The van der Waals surface area contributed by atoms with Crippen molar-refractivity contribution in [1.82, 2.24) is 9.55 Å². The molecule has 1 fully saturated rings. The molecule has 2 aromatic heterocycles. The van der Waals surface area contributed by atoms with E-state index in [9.17, 15) is 22.6 Å². The first-order valence-corrected chi connectivity index (χ1v) is 14.0. The van der Waals surface area contributed by atoms with Crippen molar-refractivity contribution in [2.75, 3.05) is 35.8 Å². The minimum atomic E-state index is -4.42. The second-order valence-electron chi connectivity index (χ2n) is 9.90. The van der Waals surface area contributed by atoms with E-state index in [2.05, 4.69) is 33.5 Å². The van der Waals surface area contributed by atoms with E-state index in [-0.39, 0.29) is 18.3 Å². The van der Waals surface area contributed by atoms with Crippen LogP contribution in [0.25, 0.3) is 10.9 Å². The van der Waals surface area contributed by atoms with Crippen LogP contribution < -0.4 is 15.4 Å². The Morgan fingerprint density at radius 3 is 2.62 bits per heavy atom. The van der Waals surface area contributed by atoms with E-state index in [1.165, 1.54) is 11.7 Å². The summed E-state index contributed by atoms with van der Waals surface area (Å²) >= 11 is 0. The number of fused-ring (bicyclic) bond motifs is 1. The van der Waals surface area contributed by atoms with Crippen LogP contribution >= 0.6 is 0 Å². The lowest BCUT2D eigenvalue weighted by Crippen LogP contribution is -2.29. The number of pyridine rings is 1. The first kappa shape index (κ1) is 28.3. The van der Waals surface area contributed by atoms with Crippen molar-refractivity contribution in [3.63, 3.8) is 0 Å². The summed E-state index contributed by atoms with van der Waals surface area (Å²) in [5.74, 6) is 7.52. The van der Waals surface area contributed by atoms with Gasteiger partial charge < -0.3 is 19.9 Å². The number of nitriles is 1. The van der Waals surface area contributed by atoms with Crippen LogP contribution in [0.4, 0.5) is 24.5 Å². The summed E-state index contributed by atoms with van der Waals surface area (Å²) in [6, 6.07) is 10.9. The molecule has 1 aliphatic heterocycles. The smallest absolute Gasteiger partial charge is 0.406 e. The molecule has 2 N–H and O–H groups in total. The third-order valence-corrected chi connectivity index (χ3v) is 8.00. The number of benzene rings is 1. The molecule has 4 rings (SSSR count). The fraction of sp³-hybridized carbons (Fsp3) is 0.429. The number of rotatable bonds is 7. The minimum absolute atomic E-state index is 0.117. The molecule has 7 nitrogen and oxygen atoms in total. The van der Waals surface area contributed by atoms with Crippen molar-refractivity contribution in [2.45, 2.75) is 50.9 Å².